The van der Waals surface area contributed by atoms with Crippen molar-refractivity contribution in [2.24, 2.45) is 0 Å². The van der Waals surface area contributed by atoms with Crippen LogP contribution in [0.25, 0.3) is 0 Å². The number of halogens is 1. The SMILES string of the molecule is Cc1ccc2c(c1)C(N(C)C)CCCN2C(=O)c1ccc(NC(=O)c2ccccc2C)cc1Cl. The first kappa shape index (κ1) is 24.0. The summed E-state index contributed by atoms with van der Waals surface area (Å²) in [7, 11) is 4.16. The Bertz CT molecular complexity index is 1240. The number of hydrogen-bond acceptors (Lipinski definition) is 3. The van der Waals surface area contributed by atoms with Crippen LogP contribution in [-0.4, -0.2) is 37.4 Å². The first-order valence-corrected chi connectivity index (χ1v) is 11.9. The van der Waals surface area contributed by atoms with Gasteiger partial charge in [0.2, 0.25) is 0 Å². The van der Waals surface area contributed by atoms with Gasteiger partial charge in [0.25, 0.3) is 11.8 Å². The van der Waals surface area contributed by atoms with E-state index < -0.39 is 0 Å². The second-order valence-corrected chi connectivity index (χ2v) is 9.51. The zero-order valence-corrected chi connectivity index (χ0v) is 20.8. The Morgan fingerprint density at radius 1 is 1.00 bits per heavy atom. The molecule has 0 spiro atoms. The number of nitrogens with one attached hydrogen (secondary N) is 1. The van der Waals surface area contributed by atoms with Crippen LogP contribution in [-0.2, 0) is 0 Å². The van der Waals surface area contributed by atoms with Gasteiger partial charge in [0.15, 0.2) is 0 Å². The molecule has 2 amide bonds. The molecule has 0 radical (unpaired) electrons. The molecule has 6 heteroatoms. The third kappa shape index (κ3) is 4.86. The summed E-state index contributed by atoms with van der Waals surface area (Å²) in [5.74, 6) is -0.342. The Balaban J connectivity index is 1.61. The molecule has 1 aliphatic rings. The van der Waals surface area contributed by atoms with Crippen molar-refractivity contribution in [2.45, 2.75) is 32.7 Å². The van der Waals surface area contributed by atoms with E-state index in [1.807, 2.05) is 42.2 Å². The number of benzene rings is 3. The number of carbonyl (C=O) groups is 2. The summed E-state index contributed by atoms with van der Waals surface area (Å²) in [6.45, 7) is 4.59. The molecule has 1 unspecified atom stereocenters. The van der Waals surface area contributed by atoms with Gasteiger partial charge in [0.1, 0.15) is 0 Å². The lowest BCUT2D eigenvalue weighted by Crippen LogP contribution is -2.32. The normalized spacial score (nSPS) is 15.6. The molecule has 0 saturated carbocycles. The molecule has 1 atom stereocenters. The molecule has 34 heavy (non-hydrogen) atoms. The fourth-order valence-electron chi connectivity index (χ4n) is 4.59. The summed E-state index contributed by atoms with van der Waals surface area (Å²) in [5, 5.41) is 3.20. The molecule has 0 saturated heterocycles. The maximum atomic E-state index is 13.6. The van der Waals surface area contributed by atoms with Crippen molar-refractivity contribution >= 4 is 34.8 Å². The molecule has 4 rings (SSSR count). The average Bonchev–Trinajstić information content (AvgIpc) is 2.98. The number of anilines is 2. The van der Waals surface area contributed by atoms with Crippen LogP contribution in [0.1, 0.15) is 56.3 Å². The number of rotatable bonds is 4. The van der Waals surface area contributed by atoms with Gasteiger partial charge in [-0.3, -0.25) is 9.59 Å². The molecule has 5 nitrogen and oxygen atoms in total. The van der Waals surface area contributed by atoms with Gasteiger partial charge in [0, 0.05) is 29.5 Å². The monoisotopic (exact) mass is 475 g/mol. The summed E-state index contributed by atoms with van der Waals surface area (Å²) >= 11 is 6.57. The predicted octanol–water partition coefficient (Wildman–Crippen LogP) is 6.25. The zero-order valence-electron chi connectivity index (χ0n) is 20.1. The average molecular weight is 476 g/mol. The second kappa shape index (κ2) is 10.00. The van der Waals surface area contributed by atoms with E-state index in [0.29, 0.717) is 28.4 Å². The van der Waals surface area contributed by atoms with Crippen LogP contribution in [0, 0.1) is 13.8 Å². The third-order valence-corrected chi connectivity index (χ3v) is 6.72. The molecule has 1 N–H and O–H groups in total. The summed E-state index contributed by atoms with van der Waals surface area (Å²) in [4.78, 5) is 30.4. The van der Waals surface area contributed by atoms with Crippen molar-refractivity contribution < 1.29 is 9.59 Å². The predicted molar refractivity (Wildman–Crippen MR) is 139 cm³/mol. The number of hydrogen-bond donors (Lipinski definition) is 1. The Morgan fingerprint density at radius 3 is 2.47 bits per heavy atom. The lowest BCUT2D eigenvalue weighted by molar-refractivity contribution is 0.0985. The van der Waals surface area contributed by atoms with Crippen molar-refractivity contribution in [1.82, 2.24) is 4.90 Å². The fraction of sp³-hybridized carbons (Fsp3) is 0.286. The Labute approximate surface area is 206 Å². The summed E-state index contributed by atoms with van der Waals surface area (Å²) in [6, 6.07) is 19.0. The van der Waals surface area contributed by atoms with E-state index in [2.05, 4.69) is 37.3 Å². The summed E-state index contributed by atoms with van der Waals surface area (Å²) in [6.07, 6.45) is 1.87. The van der Waals surface area contributed by atoms with E-state index in [4.69, 9.17) is 11.6 Å². The van der Waals surface area contributed by atoms with E-state index in [1.54, 1.807) is 24.3 Å². The van der Waals surface area contributed by atoms with E-state index in [0.717, 1.165) is 29.7 Å². The first-order chi connectivity index (χ1) is 16.3. The minimum Gasteiger partial charge on any atom is -0.322 e. The molecule has 0 aromatic heterocycles. The van der Waals surface area contributed by atoms with Gasteiger partial charge in [-0.25, -0.2) is 0 Å². The van der Waals surface area contributed by atoms with Crippen LogP contribution < -0.4 is 10.2 Å². The van der Waals surface area contributed by atoms with Crippen molar-refractivity contribution in [3.63, 3.8) is 0 Å². The van der Waals surface area contributed by atoms with Gasteiger partial charge < -0.3 is 15.1 Å². The maximum absolute atomic E-state index is 13.6. The van der Waals surface area contributed by atoms with Gasteiger partial charge in [-0.15, -0.1) is 0 Å². The topological polar surface area (TPSA) is 52.6 Å². The van der Waals surface area contributed by atoms with Gasteiger partial charge in [0.05, 0.1) is 10.6 Å². The van der Waals surface area contributed by atoms with Crippen molar-refractivity contribution in [2.75, 3.05) is 30.9 Å². The lowest BCUT2D eigenvalue weighted by Gasteiger charge is -2.27. The van der Waals surface area contributed by atoms with Crippen LogP contribution in [0.2, 0.25) is 5.02 Å². The van der Waals surface area contributed by atoms with Crippen LogP contribution in [0.5, 0.6) is 0 Å². The van der Waals surface area contributed by atoms with E-state index in [-0.39, 0.29) is 17.9 Å². The number of fused-ring (bicyclic) bond motifs is 1. The number of amides is 2. The van der Waals surface area contributed by atoms with Crippen molar-refractivity contribution in [1.29, 1.82) is 0 Å². The molecular formula is C28H30ClN3O2. The lowest BCUT2D eigenvalue weighted by atomic mass is 9.98. The zero-order chi connectivity index (χ0) is 24.4. The van der Waals surface area contributed by atoms with Crippen LogP contribution in [0.15, 0.2) is 60.7 Å². The van der Waals surface area contributed by atoms with E-state index in [9.17, 15) is 9.59 Å². The highest BCUT2D eigenvalue weighted by Crippen LogP contribution is 2.37. The minimum absolute atomic E-state index is 0.133. The Morgan fingerprint density at radius 2 is 1.76 bits per heavy atom. The first-order valence-electron chi connectivity index (χ1n) is 11.5. The molecule has 176 valence electrons. The Hall–Kier alpha value is -3.15. The largest absolute Gasteiger partial charge is 0.322 e. The van der Waals surface area contributed by atoms with Crippen molar-refractivity contribution in [3.8, 4) is 0 Å². The van der Waals surface area contributed by atoms with Crippen LogP contribution >= 0.6 is 11.6 Å². The highest BCUT2D eigenvalue weighted by atomic mass is 35.5. The summed E-state index contributed by atoms with van der Waals surface area (Å²) in [5.41, 5.74) is 5.73. The fourth-order valence-corrected chi connectivity index (χ4v) is 4.85. The number of carbonyl (C=O) groups excluding carboxylic acids is 2. The van der Waals surface area contributed by atoms with Crippen LogP contribution in [0.3, 0.4) is 0 Å². The van der Waals surface area contributed by atoms with Gasteiger partial charge in [-0.1, -0.05) is 47.5 Å². The van der Waals surface area contributed by atoms with Gasteiger partial charge >= 0.3 is 0 Å². The molecule has 0 fully saturated rings. The molecule has 0 bridgehead atoms. The maximum Gasteiger partial charge on any atom is 0.259 e. The molecule has 3 aromatic rings. The standard InChI is InChI=1S/C28H30ClN3O2/c1-18-11-14-26-23(16-18)25(31(3)4)10-7-15-32(26)28(34)22-13-12-20(17-24(22)29)30-27(33)21-9-6-5-8-19(21)2/h5-6,8-9,11-14,16-17,25H,7,10,15H2,1-4H3,(H,30,33). The van der Waals surface area contributed by atoms with Crippen molar-refractivity contribution in [3.05, 3.63) is 93.5 Å². The summed E-state index contributed by atoms with van der Waals surface area (Å²) < 4.78 is 0. The molecule has 0 aliphatic carbocycles. The highest BCUT2D eigenvalue weighted by Gasteiger charge is 2.29. The molecular weight excluding hydrogens is 446 g/mol. The number of aryl methyl sites for hydroxylation is 2. The highest BCUT2D eigenvalue weighted by molar-refractivity contribution is 6.35. The Kier molecular flexibility index (Phi) is 7.05. The molecule has 1 heterocycles. The molecule has 1 aliphatic heterocycles. The van der Waals surface area contributed by atoms with E-state index >= 15 is 0 Å². The van der Waals surface area contributed by atoms with E-state index in [1.165, 1.54) is 5.56 Å². The van der Waals surface area contributed by atoms with Crippen LogP contribution in [0.4, 0.5) is 11.4 Å². The molecule has 3 aromatic carbocycles. The smallest absolute Gasteiger partial charge is 0.259 e. The second-order valence-electron chi connectivity index (χ2n) is 9.10. The van der Waals surface area contributed by atoms with Gasteiger partial charge in [-0.2, -0.15) is 0 Å². The third-order valence-electron chi connectivity index (χ3n) is 6.41. The number of nitrogens with zero attached hydrogens (tertiary/aromatic N) is 2. The quantitative estimate of drug-likeness (QED) is 0.485. The van der Waals surface area contributed by atoms with Gasteiger partial charge in [-0.05, 0) is 82.2 Å². The minimum atomic E-state index is -0.209.